The average molecular weight is 276 g/mol. The predicted octanol–water partition coefficient (Wildman–Crippen LogP) is 2.15. The van der Waals surface area contributed by atoms with Gasteiger partial charge in [0.05, 0.1) is 24.8 Å². The van der Waals surface area contributed by atoms with Gasteiger partial charge in [-0.05, 0) is 12.1 Å². The molecule has 0 saturated heterocycles. The SMILES string of the molecule is COc1ccc(Nc2ncc([N+](=O)[O-])cn2)c(OC)c1. The van der Waals surface area contributed by atoms with E-state index in [1.807, 2.05) is 0 Å². The lowest BCUT2D eigenvalue weighted by molar-refractivity contribution is -0.385. The van der Waals surface area contributed by atoms with Crippen molar-refractivity contribution in [2.24, 2.45) is 0 Å². The molecule has 1 aromatic carbocycles. The molecule has 0 aliphatic carbocycles. The van der Waals surface area contributed by atoms with E-state index in [1.54, 1.807) is 25.3 Å². The van der Waals surface area contributed by atoms with Gasteiger partial charge in [0, 0.05) is 6.07 Å². The molecule has 104 valence electrons. The standard InChI is InChI=1S/C12H12N4O4/c1-19-9-3-4-10(11(5-9)20-2)15-12-13-6-8(7-14-12)16(17)18/h3-7H,1-2H3,(H,13,14,15). The van der Waals surface area contributed by atoms with Crippen molar-refractivity contribution < 1.29 is 14.4 Å². The zero-order valence-corrected chi connectivity index (χ0v) is 10.9. The molecule has 1 aromatic heterocycles. The number of aromatic nitrogens is 2. The number of nitrogens with one attached hydrogen (secondary N) is 1. The highest BCUT2D eigenvalue weighted by Crippen LogP contribution is 2.30. The van der Waals surface area contributed by atoms with Gasteiger partial charge in [0.2, 0.25) is 5.95 Å². The number of benzene rings is 1. The lowest BCUT2D eigenvalue weighted by Gasteiger charge is -2.11. The van der Waals surface area contributed by atoms with Crippen molar-refractivity contribution >= 4 is 17.3 Å². The van der Waals surface area contributed by atoms with E-state index in [0.717, 1.165) is 12.4 Å². The summed E-state index contributed by atoms with van der Waals surface area (Å²) in [5.41, 5.74) is 0.458. The Labute approximate surface area is 114 Å². The first-order valence-electron chi connectivity index (χ1n) is 5.59. The molecule has 0 bridgehead atoms. The third-order valence-electron chi connectivity index (χ3n) is 2.50. The lowest BCUT2D eigenvalue weighted by Crippen LogP contribution is -2.00. The van der Waals surface area contributed by atoms with Crippen molar-refractivity contribution in [3.8, 4) is 11.5 Å². The molecule has 2 rings (SSSR count). The highest BCUT2D eigenvalue weighted by molar-refractivity contribution is 5.64. The Bertz CT molecular complexity index is 615. The quantitative estimate of drug-likeness (QED) is 0.659. The minimum atomic E-state index is -0.558. The maximum atomic E-state index is 10.5. The molecular weight excluding hydrogens is 264 g/mol. The van der Waals surface area contributed by atoms with Gasteiger partial charge in [-0.15, -0.1) is 0 Å². The van der Waals surface area contributed by atoms with Crippen LogP contribution in [0.4, 0.5) is 17.3 Å². The zero-order valence-electron chi connectivity index (χ0n) is 10.9. The smallest absolute Gasteiger partial charge is 0.305 e. The Kier molecular flexibility index (Phi) is 3.94. The number of methoxy groups -OCH3 is 2. The number of hydrogen-bond acceptors (Lipinski definition) is 7. The van der Waals surface area contributed by atoms with Crippen LogP contribution in [0.15, 0.2) is 30.6 Å². The van der Waals surface area contributed by atoms with Crippen LogP contribution < -0.4 is 14.8 Å². The number of hydrogen-bond donors (Lipinski definition) is 1. The molecule has 8 heteroatoms. The van der Waals surface area contributed by atoms with Gasteiger partial charge in [-0.2, -0.15) is 0 Å². The predicted molar refractivity (Wildman–Crippen MR) is 71.5 cm³/mol. The summed E-state index contributed by atoms with van der Waals surface area (Å²) in [6, 6.07) is 5.19. The Morgan fingerprint density at radius 3 is 2.45 bits per heavy atom. The maximum Gasteiger partial charge on any atom is 0.305 e. The summed E-state index contributed by atoms with van der Waals surface area (Å²) in [5, 5.41) is 13.4. The molecule has 0 atom stereocenters. The molecule has 8 nitrogen and oxygen atoms in total. The molecule has 0 aliphatic rings. The van der Waals surface area contributed by atoms with Crippen molar-refractivity contribution in [1.29, 1.82) is 0 Å². The van der Waals surface area contributed by atoms with E-state index in [2.05, 4.69) is 15.3 Å². The second-order valence-electron chi connectivity index (χ2n) is 3.71. The van der Waals surface area contributed by atoms with Crippen LogP contribution in [-0.2, 0) is 0 Å². The van der Waals surface area contributed by atoms with E-state index in [1.165, 1.54) is 7.11 Å². The van der Waals surface area contributed by atoms with Gasteiger partial charge in [0.25, 0.3) is 0 Å². The highest BCUT2D eigenvalue weighted by Gasteiger charge is 2.09. The van der Waals surface area contributed by atoms with Gasteiger partial charge in [-0.3, -0.25) is 10.1 Å². The topological polar surface area (TPSA) is 99.4 Å². The normalized spacial score (nSPS) is 9.90. The Balaban J connectivity index is 2.23. The molecule has 1 N–H and O–H groups in total. The third kappa shape index (κ3) is 2.91. The fourth-order valence-electron chi connectivity index (χ4n) is 1.50. The van der Waals surface area contributed by atoms with Gasteiger partial charge in [-0.25, -0.2) is 9.97 Å². The second-order valence-corrected chi connectivity index (χ2v) is 3.71. The molecule has 0 radical (unpaired) electrons. The fourth-order valence-corrected chi connectivity index (χ4v) is 1.50. The molecule has 1 heterocycles. The monoisotopic (exact) mass is 276 g/mol. The fraction of sp³-hybridized carbons (Fsp3) is 0.167. The van der Waals surface area contributed by atoms with Crippen LogP contribution in [0.25, 0.3) is 0 Å². The summed E-state index contributed by atoms with van der Waals surface area (Å²) in [5.74, 6) is 1.43. The van der Waals surface area contributed by atoms with E-state index >= 15 is 0 Å². The summed E-state index contributed by atoms with van der Waals surface area (Å²) in [7, 11) is 3.08. The Morgan fingerprint density at radius 1 is 1.20 bits per heavy atom. The van der Waals surface area contributed by atoms with Crippen LogP contribution in [-0.4, -0.2) is 29.1 Å². The number of rotatable bonds is 5. The van der Waals surface area contributed by atoms with E-state index in [9.17, 15) is 10.1 Å². The second kappa shape index (κ2) is 5.83. The van der Waals surface area contributed by atoms with Crippen LogP contribution in [0, 0.1) is 10.1 Å². The first-order valence-corrected chi connectivity index (χ1v) is 5.59. The lowest BCUT2D eigenvalue weighted by atomic mass is 10.2. The van der Waals surface area contributed by atoms with Crippen LogP contribution in [0.2, 0.25) is 0 Å². The molecule has 0 aliphatic heterocycles. The van der Waals surface area contributed by atoms with Crippen LogP contribution in [0.3, 0.4) is 0 Å². The van der Waals surface area contributed by atoms with Crippen molar-refractivity contribution in [2.45, 2.75) is 0 Å². The number of nitrogens with zero attached hydrogens (tertiary/aromatic N) is 3. The van der Waals surface area contributed by atoms with Crippen molar-refractivity contribution in [2.75, 3.05) is 19.5 Å². The van der Waals surface area contributed by atoms with Gasteiger partial charge in [0.15, 0.2) is 0 Å². The molecule has 0 unspecified atom stereocenters. The van der Waals surface area contributed by atoms with Crippen molar-refractivity contribution in [3.63, 3.8) is 0 Å². The van der Waals surface area contributed by atoms with E-state index in [-0.39, 0.29) is 11.6 Å². The summed E-state index contributed by atoms with van der Waals surface area (Å²) in [4.78, 5) is 17.7. The first kappa shape index (κ1) is 13.5. The van der Waals surface area contributed by atoms with Crippen LogP contribution in [0.5, 0.6) is 11.5 Å². The summed E-state index contributed by atoms with van der Waals surface area (Å²) >= 11 is 0. The third-order valence-corrected chi connectivity index (χ3v) is 2.50. The van der Waals surface area contributed by atoms with E-state index in [4.69, 9.17) is 9.47 Å². The molecule has 0 amide bonds. The number of anilines is 2. The first-order chi connectivity index (χ1) is 9.63. The van der Waals surface area contributed by atoms with Gasteiger partial charge < -0.3 is 14.8 Å². The maximum absolute atomic E-state index is 10.5. The van der Waals surface area contributed by atoms with Gasteiger partial charge in [-0.1, -0.05) is 0 Å². The Hall–Kier alpha value is -2.90. The minimum absolute atomic E-state index is 0.169. The van der Waals surface area contributed by atoms with Crippen LogP contribution in [0.1, 0.15) is 0 Å². The molecule has 0 spiro atoms. The summed E-state index contributed by atoms with van der Waals surface area (Å²) < 4.78 is 10.3. The summed E-state index contributed by atoms with van der Waals surface area (Å²) in [6.07, 6.45) is 2.26. The highest BCUT2D eigenvalue weighted by atomic mass is 16.6. The number of nitro groups is 1. The van der Waals surface area contributed by atoms with Crippen molar-refractivity contribution in [3.05, 3.63) is 40.7 Å². The summed E-state index contributed by atoms with van der Waals surface area (Å²) in [6.45, 7) is 0. The van der Waals surface area contributed by atoms with Gasteiger partial charge in [0.1, 0.15) is 23.9 Å². The molecule has 20 heavy (non-hydrogen) atoms. The van der Waals surface area contributed by atoms with E-state index < -0.39 is 4.92 Å². The molecule has 0 fully saturated rings. The average Bonchev–Trinajstić information content (AvgIpc) is 2.48. The zero-order chi connectivity index (χ0) is 14.5. The minimum Gasteiger partial charge on any atom is -0.497 e. The van der Waals surface area contributed by atoms with Crippen molar-refractivity contribution in [1.82, 2.24) is 9.97 Å². The largest absolute Gasteiger partial charge is 0.497 e. The van der Waals surface area contributed by atoms with Crippen LogP contribution >= 0.6 is 0 Å². The molecule has 2 aromatic rings. The Morgan fingerprint density at radius 2 is 1.90 bits per heavy atom. The molecular formula is C12H12N4O4. The molecule has 0 saturated carbocycles. The van der Waals surface area contributed by atoms with Gasteiger partial charge >= 0.3 is 5.69 Å². The van der Waals surface area contributed by atoms with E-state index in [0.29, 0.717) is 17.2 Å². The number of ether oxygens (including phenoxy) is 2.